The molecule has 0 radical (unpaired) electrons. The Morgan fingerprint density at radius 1 is 1.20 bits per heavy atom. The van der Waals surface area contributed by atoms with Crippen molar-refractivity contribution in [3.63, 3.8) is 0 Å². The van der Waals surface area contributed by atoms with Gasteiger partial charge in [-0.1, -0.05) is 12.1 Å². The summed E-state index contributed by atoms with van der Waals surface area (Å²) in [5.41, 5.74) is 0.615. The highest BCUT2D eigenvalue weighted by molar-refractivity contribution is 14.1. The molecule has 0 saturated carbocycles. The normalized spacial score (nSPS) is 11.5. The Labute approximate surface area is 98.8 Å². The van der Waals surface area contributed by atoms with E-state index in [4.69, 9.17) is 0 Å². The number of Topliss-reactive ketones (excluding diaryl/α,β-unsaturated/α-hetero) is 1. The highest BCUT2D eigenvalue weighted by atomic mass is 127. The lowest BCUT2D eigenvalue weighted by Gasteiger charge is -2.05. The largest absolute Gasteiger partial charge is 0.395 e. The molecule has 1 aromatic carbocycles. The SMILES string of the molecule is O=C(Cc1ccc(I)cc1)CC(F)(F)F. The molecule has 0 aliphatic rings. The first-order valence-corrected chi connectivity index (χ1v) is 5.27. The van der Waals surface area contributed by atoms with Gasteiger partial charge in [0, 0.05) is 9.99 Å². The van der Waals surface area contributed by atoms with Crippen molar-refractivity contribution in [3.8, 4) is 0 Å². The lowest BCUT2D eigenvalue weighted by atomic mass is 10.1. The fourth-order valence-electron chi connectivity index (χ4n) is 1.12. The molecule has 82 valence electrons. The van der Waals surface area contributed by atoms with E-state index in [9.17, 15) is 18.0 Å². The van der Waals surface area contributed by atoms with E-state index in [1.165, 1.54) is 0 Å². The third kappa shape index (κ3) is 5.15. The molecule has 0 amide bonds. The summed E-state index contributed by atoms with van der Waals surface area (Å²) in [5, 5.41) is 0. The Bertz CT molecular complexity index is 343. The van der Waals surface area contributed by atoms with Gasteiger partial charge in [-0.25, -0.2) is 0 Å². The summed E-state index contributed by atoms with van der Waals surface area (Å²) in [7, 11) is 0. The lowest BCUT2D eigenvalue weighted by molar-refractivity contribution is -0.151. The number of benzene rings is 1. The number of hydrogen-bond donors (Lipinski definition) is 0. The van der Waals surface area contributed by atoms with E-state index in [0.29, 0.717) is 5.56 Å². The van der Waals surface area contributed by atoms with Crippen LogP contribution in [0.2, 0.25) is 0 Å². The van der Waals surface area contributed by atoms with E-state index in [2.05, 4.69) is 22.6 Å². The smallest absolute Gasteiger partial charge is 0.299 e. The van der Waals surface area contributed by atoms with Gasteiger partial charge in [0.25, 0.3) is 0 Å². The van der Waals surface area contributed by atoms with Crippen molar-refractivity contribution in [1.29, 1.82) is 0 Å². The molecule has 1 nitrogen and oxygen atoms in total. The highest BCUT2D eigenvalue weighted by Crippen LogP contribution is 2.20. The average molecular weight is 328 g/mol. The van der Waals surface area contributed by atoms with Crippen molar-refractivity contribution in [2.45, 2.75) is 19.0 Å². The summed E-state index contributed by atoms with van der Waals surface area (Å²) in [6.07, 6.45) is -5.91. The predicted molar refractivity (Wildman–Crippen MR) is 58.5 cm³/mol. The third-order valence-corrected chi connectivity index (χ3v) is 2.43. The van der Waals surface area contributed by atoms with Crippen molar-refractivity contribution in [3.05, 3.63) is 33.4 Å². The van der Waals surface area contributed by atoms with Crippen molar-refractivity contribution >= 4 is 28.4 Å². The zero-order valence-corrected chi connectivity index (χ0v) is 9.80. The Kier molecular flexibility index (Phi) is 4.12. The molecule has 5 heteroatoms. The molecule has 0 spiro atoms. The monoisotopic (exact) mass is 328 g/mol. The summed E-state index contributed by atoms with van der Waals surface area (Å²) in [6.45, 7) is 0. The van der Waals surface area contributed by atoms with Crippen LogP contribution < -0.4 is 0 Å². The molecule has 15 heavy (non-hydrogen) atoms. The van der Waals surface area contributed by atoms with E-state index in [1.807, 2.05) is 0 Å². The molecule has 0 heterocycles. The first-order valence-electron chi connectivity index (χ1n) is 4.20. The van der Waals surface area contributed by atoms with E-state index in [0.717, 1.165) is 3.57 Å². The lowest BCUT2D eigenvalue weighted by Crippen LogP contribution is -2.16. The second kappa shape index (κ2) is 4.96. The van der Waals surface area contributed by atoms with Crippen LogP contribution in [0, 0.1) is 3.57 Å². The Morgan fingerprint density at radius 2 is 1.73 bits per heavy atom. The van der Waals surface area contributed by atoms with Gasteiger partial charge in [-0.05, 0) is 40.3 Å². The molecule has 0 saturated heterocycles. The number of carbonyl (C=O) groups is 1. The number of ketones is 1. The van der Waals surface area contributed by atoms with Crippen LogP contribution in [0.1, 0.15) is 12.0 Å². The second-order valence-corrected chi connectivity index (χ2v) is 4.38. The maximum Gasteiger partial charge on any atom is 0.395 e. The molecular weight excluding hydrogens is 320 g/mol. The summed E-state index contributed by atoms with van der Waals surface area (Å²) < 4.78 is 36.5. The topological polar surface area (TPSA) is 17.1 Å². The van der Waals surface area contributed by atoms with Crippen LogP contribution in [0.4, 0.5) is 13.2 Å². The van der Waals surface area contributed by atoms with Crippen LogP contribution in [0.25, 0.3) is 0 Å². The molecule has 0 atom stereocenters. The minimum absolute atomic E-state index is 0.156. The van der Waals surface area contributed by atoms with Gasteiger partial charge in [0.05, 0.1) is 0 Å². The van der Waals surface area contributed by atoms with Crippen LogP contribution in [-0.2, 0) is 11.2 Å². The molecule has 1 aromatic rings. The number of hydrogen-bond acceptors (Lipinski definition) is 1. The summed E-state index contributed by atoms with van der Waals surface area (Å²) in [4.78, 5) is 11.0. The van der Waals surface area contributed by atoms with Gasteiger partial charge in [-0.3, -0.25) is 4.79 Å². The van der Waals surface area contributed by atoms with E-state index < -0.39 is 18.4 Å². The number of alkyl halides is 3. The third-order valence-electron chi connectivity index (χ3n) is 1.71. The predicted octanol–water partition coefficient (Wildman–Crippen LogP) is 3.36. The van der Waals surface area contributed by atoms with Crippen molar-refractivity contribution < 1.29 is 18.0 Å². The Balaban J connectivity index is 2.55. The van der Waals surface area contributed by atoms with E-state index in [1.54, 1.807) is 24.3 Å². The maximum atomic E-state index is 11.9. The molecule has 0 aliphatic heterocycles. The Morgan fingerprint density at radius 3 is 2.20 bits per heavy atom. The van der Waals surface area contributed by atoms with Crippen molar-refractivity contribution in [2.24, 2.45) is 0 Å². The molecule has 0 bridgehead atoms. The van der Waals surface area contributed by atoms with Crippen LogP contribution in [0.5, 0.6) is 0 Å². The van der Waals surface area contributed by atoms with Gasteiger partial charge in [-0.2, -0.15) is 13.2 Å². The fourth-order valence-corrected chi connectivity index (χ4v) is 1.48. The molecule has 0 N–H and O–H groups in total. The standard InChI is InChI=1S/C10H8F3IO/c11-10(12,13)6-9(15)5-7-1-3-8(14)4-2-7/h1-4H,5-6H2. The summed E-state index contributed by atoms with van der Waals surface area (Å²) in [6, 6.07) is 6.85. The second-order valence-electron chi connectivity index (χ2n) is 3.13. The number of rotatable bonds is 3. The first kappa shape index (κ1) is 12.5. The molecule has 0 aliphatic carbocycles. The summed E-state index contributed by atoms with van der Waals surface area (Å²) >= 11 is 2.09. The van der Waals surface area contributed by atoms with Crippen LogP contribution in [0.15, 0.2) is 24.3 Å². The minimum atomic E-state index is -4.40. The van der Waals surface area contributed by atoms with Crippen molar-refractivity contribution in [2.75, 3.05) is 0 Å². The summed E-state index contributed by atoms with van der Waals surface area (Å²) in [5.74, 6) is -0.802. The molecule has 1 rings (SSSR count). The first-order chi connectivity index (χ1) is 6.87. The van der Waals surface area contributed by atoms with Gasteiger partial charge in [-0.15, -0.1) is 0 Å². The number of carbonyl (C=O) groups excluding carboxylic acids is 1. The van der Waals surface area contributed by atoms with Crippen LogP contribution >= 0.6 is 22.6 Å². The zero-order chi connectivity index (χ0) is 11.5. The minimum Gasteiger partial charge on any atom is -0.299 e. The molecular formula is C10H8F3IO. The highest BCUT2D eigenvalue weighted by Gasteiger charge is 2.30. The van der Waals surface area contributed by atoms with Crippen LogP contribution in [0.3, 0.4) is 0 Å². The molecule has 0 aromatic heterocycles. The Hall–Kier alpha value is -0.590. The maximum absolute atomic E-state index is 11.9. The average Bonchev–Trinajstić information content (AvgIpc) is 2.05. The van der Waals surface area contributed by atoms with E-state index >= 15 is 0 Å². The van der Waals surface area contributed by atoms with Gasteiger partial charge >= 0.3 is 6.18 Å². The fraction of sp³-hybridized carbons (Fsp3) is 0.300. The van der Waals surface area contributed by atoms with Gasteiger partial charge < -0.3 is 0 Å². The van der Waals surface area contributed by atoms with E-state index in [-0.39, 0.29) is 6.42 Å². The van der Waals surface area contributed by atoms with Gasteiger partial charge in [0.15, 0.2) is 0 Å². The van der Waals surface area contributed by atoms with Gasteiger partial charge in [0.2, 0.25) is 0 Å². The quantitative estimate of drug-likeness (QED) is 0.778. The zero-order valence-electron chi connectivity index (χ0n) is 7.64. The van der Waals surface area contributed by atoms with Crippen molar-refractivity contribution in [1.82, 2.24) is 0 Å². The van der Waals surface area contributed by atoms with Crippen LogP contribution in [-0.4, -0.2) is 12.0 Å². The van der Waals surface area contributed by atoms with Gasteiger partial charge in [0.1, 0.15) is 12.2 Å². The molecule has 0 fully saturated rings. The molecule has 0 unspecified atom stereocenters. The number of halogens is 4.